The zero-order valence-corrected chi connectivity index (χ0v) is 25.3. The molecule has 47 heavy (non-hydrogen) atoms. The molecule has 4 heterocycles. The van der Waals surface area contributed by atoms with Crippen molar-refractivity contribution in [1.82, 2.24) is 18.5 Å². The summed E-state index contributed by atoms with van der Waals surface area (Å²) in [5, 5.41) is 9.99. The molecule has 0 saturated carbocycles. The van der Waals surface area contributed by atoms with Crippen molar-refractivity contribution < 1.29 is 0 Å². The highest BCUT2D eigenvalue weighted by molar-refractivity contribution is 6.33. The van der Waals surface area contributed by atoms with Gasteiger partial charge in [0.15, 0.2) is 0 Å². The van der Waals surface area contributed by atoms with E-state index < -0.39 is 0 Å². The lowest BCUT2D eigenvalue weighted by molar-refractivity contribution is 1.17. The summed E-state index contributed by atoms with van der Waals surface area (Å²) in [4.78, 5) is 5.05. The Labute approximate surface area is 268 Å². The number of para-hydroxylation sites is 2. The van der Waals surface area contributed by atoms with Crippen molar-refractivity contribution in [3.63, 3.8) is 0 Å². The predicted molar refractivity (Wildman–Crippen MR) is 196 cm³/mol. The summed E-state index contributed by atoms with van der Waals surface area (Å²) in [6.45, 7) is 0. The molecule has 0 fully saturated rings. The number of benzene rings is 7. The first-order valence-electron chi connectivity index (χ1n) is 16.1. The lowest BCUT2D eigenvalue weighted by Crippen LogP contribution is -1.96. The average molecular weight is 599 g/mol. The van der Waals surface area contributed by atoms with Gasteiger partial charge in [0.1, 0.15) is 5.65 Å². The highest BCUT2D eigenvalue weighted by atomic mass is 15.0. The summed E-state index contributed by atoms with van der Waals surface area (Å²) in [7, 11) is 0. The van der Waals surface area contributed by atoms with Gasteiger partial charge in [0.05, 0.1) is 33.1 Å². The van der Waals surface area contributed by atoms with Crippen LogP contribution < -0.4 is 0 Å². The maximum atomic E-state index is 5.05. The second kappa shape index (κ2) is 9.09. The van der Waals surface area contributed by atoms with Crippen molar-refractivity contribution in [2.45, 2.75) is 0 Å². The fourth-order valence-corrected chi connectivity index (χ4v) is 8.06. The third kappa shape index (κ3) is 3.28. The number of aromatic nitrogens is 4. The van der Waals surface area contributed by atoms with Crippen LogP contribution in [0.5, 0.6) is 0 Å². The normalized spacial score (nSPS) is 12.3. The minimum atomic E-state index is 0.955. The van der Waals surface area contributed by atoms with Crippen LogP contribution in [0.3, 0.4) is 0 Å². The van der Waals surface area contributed by atoms with Crippen LogP contribution in [0.2, 0.25) is 0 Å². The highest BCUT2D eigenvalue weighted by Crippen LogP contribution is 2.44. The fourth-order valence-electron chi connectivity index (χ4n) is 8.06. The molecule has 0 bridgehead atoms. The monoisotopic (exact) mass is 598 g/mol. The van der Waals surface area contributed by atoms with Crippen LogP contribution in [0.1, 0.15) is 0 Å². The Balaban J connectivity index is 1.35. The van der Waals surface area contributed by atoms with Crippen molar-refractivity contribution in [3.05, 3.63) is 158 Å². The van der Waals surface area contributed by atoms with E-state index in [4.69, 9.17) is 4.98 Å². The Morgan fingerprint density at radius 2 is 1.06 bits per heavy atom. The lowest BCUT2D eigenvalue weighted by atomic mass is 9.96. The summed E-state index contributed by atoms with van der Waals surface area (Å²) in [5.74, 6) is 0. The van der Waals surface area contributed by atoms with E-state index in [1.165, 1.54) is 65.2 Å². The van der Waals surface area contributed by atoms with E-state index in [0.717, 1.165) is 28.1 Å². The minimum absolute atomic E-state index is 0.955. The summed E-state index contributed by atoms with van der Waals surface area (Å²) in [5.41, 5.74) is 10.2. The van der Waals surface area contributed by atoms with Crippen molar-refractivity contribution in [2.24, 2.45) is 0 Å². The van der Waals surface area contributed by atoms with Crippen molar-refractivity contribution >= 4 is 81.8 Å². The van der Waals surface area contributed by atoms with E-state index in [2.05, 4.69) is 171 Å². The summed E-state index contributed by atoms with van der Waals surface area (Å²) < 4.78 is 7.07. The quantitative estimate of drug-likeness (QED) is 0.182. The van der Waals surface area contributed by atoms with Crippen LogP contribution in [0.15, 0.2) is 158 Å². The zero-order valence-electron chi connectivity index (χ0n) is 25.3. The number of hydrogen-bond acceptors (Lipinski definition) is 1. The second-order valence-corrected chi connectivity index (χ2v) is 12.4. The zero-order chi connectivity index (χ0) is 30.6. The molecular formula is C43H26N4. The largest absolute Gasteiger partial charge is 0.309 e. The van der Waals surface area contributed by atoms with Crippen LogP contribution in [0, 0.1) is 0 Å². The first kappa shape index (κ1) is 24.9. The molecule has 0 aliphatic carbocycles. The maximum absolute atomic E-state index is 5.05. The molecule has 11 rings (SSSR count). The van der Waals surface area contributed by atoms with E-state index in [0.29, 0.717) is 0 Å². The molecule has 0 unspecified atom stereocenters. The molecule has 4 nitrogen and oxygen atoms in total. The number of rotatable bonds is 2. The molecule has 0 N–H and O–H groups in total. The van der Waals surface area contributed by atoms with Gasteiger partial charge in [0, 0.05) is 44.5 Å². The molecule has 0 spiro atoms. The Morgan fingerprint density at radius 3 is 1.91 bits per heavy atom. The van der Waals surface area contributed by atoms with E-state index >= 15 is 0 Å². The number of hydrogen-bond donors (Lipinski definition) is 0. The van der Waals surface area contributed by atoms with E-state index in [9.17, 15) is 0 Å². The molecule has 4 aromatic heterocycles. The Kier molecular flexibility index (Phi) is 4.81. The molecular weight excluding hydrogens is 573 g/mol. The first-order valence-corrected chi connectivity index (χ1v) is 16.1. The molecule has 0 atom stereocenters. The highest BCUT2D eigenvalue weighted by Gasteiger charge is 2.22. The molecule has 11 aromatic rings. The van der Waals surface area contributed by atoms with Gasteiger partial charge in [-0.05, 0) is 76.8 Å². The minimum Gasteiger partial charge on any atom is -0.309 e. The number of nitrogens with zero attached hydrogens (tertiary/aromatic N) is 4. The molecule has 0 saturated heterocycles. The molecule has 0 aliphatic heterocycles. The number of imidazole rings is 1. The SMILES string of the molecule is c1ccc(-n2c3ccccc3c3cc(-n4c5cc6c(cc5c5c7ccccc7c7ccccc7c54)nc4ccccn46)ccc32)cc1. The van der Waals surface area contributed by atoms with Crippen LogP contribution in [-0.4, -0.2) is 18.5 Å². The van der Waals surface area contributed by atoms with Crippen LogP contribution in [-0.2, 0) is 0 Å². The van der Waals surface area contributed by atoms with Crippen LogP contribution in [0.4, 0.5) is 0 Å². The van der Waals surface area contributed by atoms with Gasteiger partial charge in [-0.15, -0.1) is 0 Å². The standard InChI is InChI=1S/C43H26N4/c1-2-12-27(13-3-1)46-37-19-9-8-16-31(37)34-24-28(21-22-38(34)46)47-39-26-40-36(44-41-20-10-11-23-45(40)41)25-35(39)42-32-17-6-4-14-29(32)30-15-5-7-18-33(30)43(42)47/h1-26H. The first-order chi connectivity index (χ1) is 23.3. The summed E-state index contributed by atoms with van der Waals surface area (Å²) >= 11 is 0. The molecule has 0 radical (unpaired) electrons. The van der Waals surface area contributed by atoms with Gasteiger partial charge in [-0.2, -0.15) is 0 Å². The fraction of sp³-hybridized carbons (Fsp3) is 0. The smallest absolute Gasteiger partial charge is 0.137 e. The van der Waals surface area contributed by atoms with Gasteiger partial charge in [0.25, 0.3) is 0 Å². The van der Waals surface area contributed by atoms with Crippen molar-refractivity contribution in [1.29, 1.82) is 0 Å². The van der Waals surface area contributed by atoms with Gasteiger partial charge in [-0.3, -0.25) is 4.40 Å². The average Bonchev–Trinajstić information content (AvgIpc) is 3.78. The third-order valence-corrected chi connectivity index (χ3v) is 9.99. The summed E-state index contributed by atoms with van der Waals surface area (Å²) in [6, 6.07) is 54.9. The molecule has 0 amide bonds. The van der Waals surface area contributed by atoms with Crippen molar-refractivity contribution in [2.75, 3.05) is 0 Å². The van der Waals surface area contributed by atoms with Gasteiger partial charge in [-0.1, -0.05) is 91.0 Å². The molecule has 218 valence electrons. The third-order valence-electron chi connectivity index (χ3n) is 9.99. The maximum Gasteiger partial charge on any atom is 0.137 e. The van der Waals surface area contributed by atoms with E-state index in [-0.39, 0.29) is 0 Å². The second-order valence-electron chi connectivity index (χ2n) is 12.4. The van der Waals surface area contributed by atoms with E-state index in [1.54, 1.807) is 0 Å². The van der Waals surface area contributed by atoms with Crippen LogP contribution >= 0.6 is 0 Å². The van der Waals surface area contributed by atoms with Gasteiger partial charge >= 0.3 is 0 Å². The topological polar surface area (TPSA) is 27.2 Å². The number of pyridine rings is 1. The molecule has 4 heteroatoms. The van der Waals surface area contributed by atoms with Crippen molar-refractivity contribution in [3.8, 4) is 11.4 Å². The van der Waals surface area contributed by atoms with E-state index in [1.807, 2.05) is 0 Å². The molecule has 0 aliphatic rings. The summed E-state index contributed by atoms with van der Waals surface area (Å²) in [6.07, 6.45) is 2.11. The lowest BCUT2D eigenvalue weighted by Gasteiger charge is -2.13. The predicted octanol–water partition coefficient (Wildman–Crippen LogP) is 11.0. The molecule has 7 aromatic carbocycles. The Morgan fingerprint density at radius 1 is 0.383 bits per heavy atom. The van der Waals surface area contributed by atoms with Gasteiger partial charge < -0.3 is 9.13 Å². The number of fused-ring (bicyclic) bond motifs is 14. The Bertz CT molecular complexity index is 3070. The van der Waals surface area contributed by atoms with Crippen LogP contribution in [0.25, 0.3) is 93.2 Å². The van der Waals surface area contributed by atoms with Gasteiger partial charge in [-0.25, -0.2) is 4.98 Å². The Hall–Kier alpha value is -6.39. The van der Waals surface area contributed by atoms with Gasteiger partial charge in [0.2, 0.25) is 0 Å².